The molecule has 1 aliphatic rings. The average molecular weight is 365 g/mol. The Morgan fingerprint density at radius 2 is 1.63 bits per heavy atom. The van der Waals surface area contributed by atoms with Crippen molar-refractivity contribution in [3.8, 4) is 0 Å². The summed E-state index contributed by atoms with van der Waals surface area (Å²) in [5.41, 5.74) is 3.07. The molecule has 0 saturated carbocycles. The Balaban J connectivity index is 1.80. The minimum absolute atomic E-state index is 0.197. The summed E-state index contributed by atoms with van der Waals surface area (Å²) in [4.78, 5) is 38.6. The molecule has 0 spiro atoms. The Morgan fingerprint density at radius 3 is 2.22 bits per heavy atom. The molecule has 0 aliphatic carbocycles. The minimum atomic E-state index is -0.422. The fourth-order valence-electron chi connectivity index (χ4n) is 3.32. The zero-order valence-electron chi connectivity index (χ0n) is 15.8. The molecule has 0 aromatic heterocycles. The van der Waals surface area contributed by atoms with E-state index in [9.17, 15) is 14.4 Å². The number of carbonyl (C=O) groups excluding carboxylic acids is 3. The quantitative estimate of drug-likeness (QED) is 0.601. The standard InChI is InChI=1S/C22H23NO4/c1-4-27-22(26)17-9-11-18(12-10-17)23-20(24)15(3)19(21(23)25)13-16-7-5-14(2)6-8-16/h5-12,15,19H,4,13H2,1-3H3. The summed E-state index contributed by atoms with van der Waals surface area (Å²) in [6.07, 6.45) is 0.531. The summed E-state index contributed by atoms with van der Waals surface area (Å²) < 4.78 is 4.96. The number of rotatable bonds is 5. The molecule has 1 saturated heterocycles. The number of benzene rings is 2. The lowest BCUT2D eigenvalue weighted by atomic mass is 9.90. The molecule has 27 heavy (non-hydrogen) atoms. The van der Waals surface area contributed by atoms with Crippen molar-refractivity contribution in [2.24, 2.45) is 11.8 Å². The number of hydrogen-bond acceptors (Lipinski definition) is 4. The van der Waals surface area contributed by atoms with E-state index in [2.05, 4.69) is 0 Å². The maximum atomic E-state index is 12.9. The van der Waals surface area contributed by atoms with Crippen molar-refractivity contribution in [2.75, 3.05) is 11.5 Å². The van der Waals surface area contributed by atoms with Crippen LogP contribution in [0.1, 0.15) is 35.3 Å². The van der Waals surface area contributed by atoms with Gasteiger partial charge in [0.25, 0.3) is 0 Å². The highest BCUT2D eigenvalue weighted by molar-refractivity contribution is 6.22. The number of imide groups is 1. The summed E-state index contributed by atoms with van der Waals surface area (Å²) in [5, 5.41) is 0. The van der Waals surface area contributed by atoms with Crippen LogP contribution in [0.2, 0.25) is 0 Å². The van der Waals surface area contributed by atoms with E-state index >= 15 is 0 Å². The molecule has 1 fully saturated rings. The minimum Gasteiger partial charge on any atom is -0.462 e. The van der Waals surface area contributed by atoms with Gasteiger partial charge in [0.15, 0.2) is 0 Å². The number of esters is 1. The van der Waals surface area contributed by atoms with Crippen LogP contribution in [-0.4, -0.2) is 24.4 Å². The third-order valence-electron chi connectivity index (χ3n) is 4.96. The largest absolute Gasteiger partial charge is 0.462 e. The van der Waals surface area contributed by atoms with E-state index < -0.39 is 5.97 Å². The predicted octanol–water partition coefficient (Wildman–Crippen LogP) is 3.54. The van der Waals surface area contributed by atoms with Crippen molar-refractivity contribution < 1.29 is 19.1 Å². The molecule has 2 unspecified atom stereocenters. The second-order valence-electron chi connectivity index (χ2n) is 6.86. The van der Waals surface area contributed by atoms with Gasteiger partial charge in [-0.2, -0.15) is 0 Å². The van der Waals surface area contributed by atoms with Crippen LogP contribution in [0, 0.1) is 18.8 Å². The fourth-order valence-corrected chi connectivity index (χ4v) is 3.32. The van der Waals surface area contributed by atoms with Crippen LogP contribution in [0.15, 0.2) is 48.5 Å². The highest BCUT2D eigenvalue weighted by Gasteiger charge is 2.45. The topological polar surface area (TPSA) is 63.7 Å². The molecule has 0 radical (unpaired) electrons. The summed E-state index contributed by atoms with van der Waals surface area (Å²) in [6.45, 7) is 5.84. The molecule has 0 bridgehead atoms. The predicted molar refractivity (Wildman–Crippen MR) is 102 cm³/mol. The Hall–Kier alpha value is -2.95. The van der Waals surface area contributed by atoms with Crippen molar-refractivity contribution in [3.63, 3.8) is 0 Å². The monoisotopic (exact) mass is 365 g/mol. The molecule has 2 aromatic carbocycles. The van der Waals surface area contributed by atoms with Crippen LogP contribution in [-0.2, 0) is 20.7 Å². The van der Waals surface area contributed by atoms with Crippen molar-refractivity contribution in [1.29, 1.82) is 0 Å². The van der Waals surface area contributed by atoms with Gasteiger partial charge < -0.3 is 4.74 Å². The number of ether oxygens (including phenoxy) is 1. The second-order valence-corrected chi connectivity index (χ2v) is 6.86. The van der Waals surface area contributed by atoms with Gasteiger partial charge in [0.05, 0.1) is 23.8 Å². The van der Waals surface area contributed by atoms with E-state index in [1.165, 1.54) is 4.90 Å². The Bertz CT molecular complexity index is 855. The van der Waals surface area contributed by atoms with E-state index in [4.69, 9.17) is 4.74 Å². The smallest absolute Gasteiger partial charge is 0.338 e. The Kier molecular flexibility index (Phi) is 5.40. The van der Waals surface area contributed by atoms with Gasteiger partial charge in [-0.05, 0) is 50.1 Å². The molecule has 0 N–H and O–H groups in total. The molecule has 1 heterocycles. The lowest BCUT2D eigenvalue weighted by Crippen LogP contribution is -2.31. The van der Waals surface area contributed by atoms with Gasteiger partial charge in [0.1, 0.15) is 0 Å². The summed E-state index contributed by atoms with van der Waals surface area (Å²) >= 11 is 0. The molecule has 1 aliphatic heterocycles. The first-order valence-corrected chi connectivity index (χ1v) is 9.13. The third kappa shape index (κ3) is 3.77. The van der Waals surface area contributed by atoms with Crippen molar-refractivity contribution >= 4 is 23.5 Å². The second kappa shape index (κ2) is 7.74. The average Bonchev–Trinajstić information content (AvgIpc) is 2.87. The lowest BCUT2D eigenvalue weighted by molar-refractivity contribution is -0.122. The van der Waals surface area contributed by atoms with Gasteiger partial charge in [0.2, 0.25) is 11.8 Å². The van der Waals surface area contributed by atoms with Crippen molar-refractivity contribution in [3.05, 3.63) is 65.2 Å². The van der Waals surface area contributed by atoms with Gasteiger partial charge in [-0.15, -0.1) is 0 Å². The molecular weight excluding hydrogens is 342 g/mol. The first-order valence-electron chi connectivity index (χ1n) is 9.13. The van der Waals surface area contributed by atoms with Gasteiger partial charge in [0, 0.05) is 5.92 Å². The zero-order valence-corrected chi connectivity index (χ0v) is 15.8. The van der Waals surface area contributed by atoms with Crippen molar-refractivity contribution in [2.45, 2.75) is 27.2 Å². The maximum Gasteiger partial charge on any atom is 0.338 e. The van der Waals surface area contributed by atoms with Crippen molar-refractivity contribution in [1.82, 2.24) is 0 Å². The van der Waals surface area contributed by atoms with E-state index in [0.717, 1.165) is 11.1 Å². The molecule has 2 atom stereocenters. The third-order valence-corrected chi connectivity index (χ3v) is 4.96. The molecule has 2 amide bonds. The first kappa shape index (κ1) is 18.8. The van der Waals surface area contributed by atoms with Crippen LogP contribution in [0.25, 0.3) is 0 Å². The van der Waals surface area contributed by atoms with Crippen LogP contribution in [0.5, 0.6) is 0 Å². The van der Waals surface area contributed by atoms with Gasteiger partial charge in [-0.3, -0.25) is 14.5 Å². The number of hydrogen-bond donors (Lipinski definition) is 0. The van der Waals surface area contributed by atoms with E-state index in [-0.39, 0.29) is 23.7 Å². The SMILES string of the molecule is CCOC(=O)c1ccc(N2C(=O)C(C)C(Cc3ccc(C)cc3)C2=O)cc1. The molecule has 5 heteroatoms. The Labute approximate surface area is 158 Å². The van der Waals surface area contributed by atoms with E-state index in [1.807, 2.05) is 31.2 Å². The summed E-state index contributed by atoms with van der Waals surface area (Å²) in [6, 6.07) is 14.4. The van der Waals surface area contributed by atoms with Crippen LogP contribution >= 0.6 is 0 Å². The van der Waals surface area contributed by atoms with Gasteiger partial charge in [-0.25, -0.2) is 4.79 Å². The van der Waals surface area contributed by atoms with Gasteiger partial charge in [-0.1, -0.05) is 36.8 Å². The number of nitrogens with zero attached hydrogens (tertiary/aromatic N) is 1. The Morgan fingerprint density at radius 1 is 1.00 bits per heavy atom. The van der Waals surface area contributed by atoms with Crippen LogP contribution in [0.3, 0.4) is 0 Å². The maximum absolute atomic E-state index is 12.9. The highest BCUT2D eigenvalue weighted by atomic mass is 16.5. The van der Waals surface area contributed by atoms with E-state index in [0.29, 0.717) is 24.3 Å². The van der Waals surface area contributed by atoms with E-state index in [1.54, 1.807) is 38.1 Å². The molecular formula is C22H23NO4. The van der Waals surface area contributed by atoms with Crippen LogP contribution < -0.4 is 4.90 Å². The first-order chi connectivity index (χ1) is 12.9. The zero-order chi connectivity index (χ0) is 19.6. The summed E-state index contributed by atoms with van der Waals surface area (Å²) in [7, 11) is 0. The molecule has 140 valence electrons. The molecule has 5 nitrogen and oxygen atoms in total. The molecule has 3 rings (SSSR count). The number of amides is 2. The molecule has 2 aromatic rings. The number of aryl methyl sites for hydroxylation is 1. The number of carbonyl (C=O) groups is 3. The lowest BCUT2D eigenvalue weighted by Gasteiger charge is -2.15. The fraction of sp³-hybridized carbons (Fsp3) is 0.318. The van der Waals surface area contributed by atoms with Gasteiger partial charge >= 0.3 is 5.97 Å². The summed E-state index contributed by atoms with van der Waals surface area (Å²) in [5.74, 6) is -1.60. The highest BCUT2D eigenvalue weighted by Crippen LogP contribution is 2.33. The normalized spacial score (nSPS) is 19.4. The number of anilines is 1. The van der Waals surface area contributed by atoms with Crippen LogP contribution in [0.4, 0.5) is 5.69 Å².